The number of anilines is 2. The first-order valence-corrected chi connectivity index (χ1v) is 7.36. The number of nitrogens with one attached hydrogen (secondary N) is 3. The Morgan fingerprint density at radius 1 is 1.35 bits per heavy atom. The fourth-order valence-corrected chi connectivity index (χ4v) is 1.83. The van der Waals surface area contributed by atoms with Crippen LogP contribution in [0, 0.1) is 5.92 Å². The van der Waals surface area contributed by atoms with Crippen LogP contribution in [-0.2, 0) is 4.79 Å². The van der Waals surface area contributed by atoms with Gasteiger partial charge in [0.25, 0.3) is 0 Å². The second-order valence-corrected chi connectivity index (χ2v) is 5.22. The first-order valence-electron chi connectivity index (χ1n) is 6.98. The largest absolute Gasteiger partial charge is 0.367 e. The molecule has 1 aromatic rings. The maximum Gasteiger partial charge on any atom is 0.224 e. The van der Waals surface area contributed by atoms with E-state index in [0.717, 1.165) is 25.8 Å². The van der Waals surface area contributed by atoms with Gasteiger partial charge in [-0.05, 0) is 19.3 Å². The Morgan fingerprint density at radius 3 is 2.85 bits per heavy atom. The van der Waals surface area contributed by atoms with Crippen molar-refractivity contribution in [2.24, 2.45) is 5.92 Å². The lowest BCUT2D eigenvalue weighted by atomic mass is 10.4. The molecule has 0 aromatic carbocycles. The summed E-state index contributed by atoms with van der Waals surface area (Å²) in [6.07, 6.45) is 4.60. The van der Waals surface area contributed by atoms with Crippen LogP contribution in [0.1, 0.15) is 26.2 Å². The third-order valence-electron chi connectivity index (χ3n) is 2.94. The SMILES string of the molecule is CCCNc1ncc(Cl)c(NCCNC(=O)C2CC2)n1. The van der Waals surface area contributed by atoms with Gasteiger partial charge in [0.2, 0.25) is 11.9 Å². The van der Waals surface area contributed by atoms with Gasteiger partial charge in [-0.3, -0.25) is 4.79 Å². The highest BCUT2D eigenvalue weighted by molar-refractivity contribution is 6.32. The maximum absolute atomic E-state index is 11.5. The van der Waals surface area contributed by atoms with Gasteiger partial charge < -0.3 is 16.0 Å². The first kappa shape index (κ1) is 14.8. The number of hydrogen-bond donors (Lipinski definition) is 3. The van der Waals surface area contributed by atoms with Crippen molar-refractivity contribution in [2.45, 2.75) is 26.2 Å². The van der Waals surface area contributed by atoms with Crippen molar-refractivity contribution in [3.05, 3.63) is 11.2 Å². The number of amides is 1. The summed E-state index contributed by atoms with van der Waals surface area (Å²) in [6.45, 7) is 4.04. The quantitative estimate of drug-likeness (QED) is 0.639. The van der Waals surface area contributed by atoms with Gasteiger partial charge in [0.1, 0.15) is 5.02 Å². The van der Waals surface area contributed by atoms with E-state index in [-0.39, 0.29) is 11.8 Å². The standard InChI is InChI=1S/C13H20ClN5O/c1-2-5-17-13-18-8-10(14)11(19-13)15-6-7-16-12(20)9-3-4-9/h8-9H,2-7H2,1H3,(H,16,20)(H2,15,17,18,19). The van der Waals surface area contributed by atoms with Crippen LogP contribution < -0.4 is 16.0 Å². The molecule has 110 valence electrons. The Morgan fingerprint density at radius 2 is 2.15 bits per heavy atom. The summed E-state index contributed by atoms with van der Waals surface area (Å²) in [4.78, 5) is 19.9. The summed E-state index contributed by atoms with van der Waals surface area (Å²) in [7, 11) is 0. The van der Waals surface area contributed by atoms with E-state index < -0.39 is 0 Å². The number of halogens is 1. The van der Waals surface area contributed by atoms with Gasteiger partial charge in [-0.25, -0.2) is 4.98 Å². The van der Waals surface area contributed by atoms with E-state index in [9.17, 15) is 4.79 Å². The third kappa shape index (κ3) is 4.52. The lowest BCUT2D eigenvalue weighted by Crippen LogP contribution is -2.30. The van der Waals surface area contributed by atoms with Gasteiger partial charge in [0.05, 0.1) is 6.20 Å². The first-order chi connectivity index (χ1) is 9.70. The molecule has 1 saturated carbocycles. The molecule has 0 bridgehead atoms. The normalized spacial score (nSPS) is 13.9. The van der Waals surface area contributed by atoms with Crippen molar-refractivity contribution in [1.29, 1.82) is 0 Å². The predicted octanol–water partition coefficient (Wildman–Crippen LogP) is 1.89. The second kappa shape index (κ2) is 7.28. The highest BCUT2D eigenvalue weighted by Crippen LogP contribution is 2.28. The van der Waals surface area contributed by atoms with Crippen LogP contribution in [0.2, 0.25) is 5.02 Å². The van der Waals surface area contributed by atoms with Gasteiger partial charge >= 0.3 is 0 Å². The van der Waals surface area contributed by atoms with E-state index in [2.05, 4.69) is 32.8 Å². The number of aromatic nitrogens is 2. The van der Waals surface area contributed by atoms with Gasteiger partial charge in [0, 0.05) is 25.6 Å². The Balaban J connectivity index is 1.76. The van der Waals surface area contributed by atoms with E-state index in [1.54, 1.807) is 6.20 Å². The van der Waals surface area contributed by atoms with Crippen molar-refractivity contribution >= 4 is 29.3 Å². The van der Waals surface area contributed by atoms with Crippen LogP contribution in [-0.4, -0.2) is 35.5 Å². The molecule has 1 heterocycles. The van der Waals surface area contributed by atoms with Gasteiger partial charge in [-0.1, -0.05) is 18.5 Å². The van der Waals surface area contributed by atoms with Crippen molar-refractivity contribution in [2.75, 3.05) is 30.3 Å². The van der Waals surface area contributed by atoms with Crippen LogP contribution in [0.25, 0.3) is 0 Å². The molecule has 6 nitrogen and oxygen atoms in total. The Bertz CT molecular complexity index is 464. The number of carbonyl (C=O) groups excluding carboxylic acids is 1. The molecule has 2 rings (SSSR count). The molecule has 1 aliphatic carbocycles. The van der Waals surface area contributed by atoms with Crippen molar-refractivity contribution in [3.8, 4) is 0 Å². The van der Waals surface area contributed by atoms with Gasteiger partial charge in [0.15, 0.2) is 5.82 Å². The third-order valence-corrected chi connectivity index (χ3v) is 3.22. The summed E-state index contributed by atoms with van der Waals surface area (Å²) in [5, 5.41) is 9.56. The highest BCUT2D eigenvalue weighted by Gasteiger charge is 2.28. The molecule has 0 unspecified atom stereocenters. The molecular formula is C13H20ClN5O. The zero-order valence-corrected chi connectivity index (χ0v) is 12.3. The summed E-state index contributed by atoms with van der Waals surface area (Å²) in [5.74, 6) is 1.52. The zero-order chi connectivity index (χ0) is 14.4. The van der Waals surface area contributed by atoms with Crippen molar-refractivity contribution < 1.29 is 4.79 Å². The number of carbonyl (C=O) groups is 1. The molecule has 1 amide bonds. The molecular weight excluding hydrogens is 278 g/mol. The molecule has 1 aromatic heterocycles. The molecule has 7 heteroatoms. The van der Waals surface area contributed by atoms with Crippen LogP contribution >= 0.6 is 11.6 Å². The van der Waals surface area contributed by atoms with E-state index in [0.29, 0.717) is 29.9 Å². The molecule has 0 spiro atoms. The van der Waals surface area contributed by atoms with Gasteiger partial charge in [-0.2, -0.15) is 4.98 Å². The molecule has 1 aliphatic rings. The Hall–Kier alpha value is -1.56. The van der Waals surface area contributed by atoms with Crippen LogP contribution in [0.5, 0.6) is 0 Å². The molecule has 0 atom stereocenters. The molecule has 0 saturated heterocycles. The molecule has 1 fully saturated rings. The van der Waals surface area contributed by atoms with Gasteiger partial charge in [-0.15, -0.1) is 0 Å². The summed E-state index contributed by atoms with van der Waals surface area (Å²) in [6, 6.07) is 0. The molecule has 3 N–H and O–H groups in total. The molecule has 0 aliphatic heterocycles. The summed E-state index contributed by atoms with van der Waals surface area (Å²) >= 11 is 6.03. The minimum Gasteiger partial charge on any atom is -0.367 e. The minimum absolute atomic E-state index is 0.144. The number of rotatable bonds is 8. The van der Waals surface area contributed by atoms with E-state index in [4.69, 9.17) is 11.6 Å². The Kier molecular flexibility index (Phi) is 5.40. The average molecular weight is 298 g/mol. The monoisotopic (exact) mass is 297 g/mol. The van der Waals surface area contributed by atoms with E-state index in [1.807, 2.05) is 0 Å². The summed E-state index contributed by atoms with van der Waals surface area (Å²) < 4.78 is 0. The van der Waals surface area contributed by atoms with E-state index >= 15 is 0 Å². The minimum atomic E-state index is 0.144. The fraction of sp³-hybridized carbons (Fsp3) is 0.615. The van der Waals surface area contributed by atoms with E-state index in [1.165, 1.54) is 0 Å². The average Bonchev–Trinajstić information content (AvgIpc) is 3.28. The molecule has 0 radical (unpaired) electrons. The van der Waals surface area contributed by atoms with Crippen LogP contribution in [0.4, 0.5) is 11.8 Å². The van der Waals surface area contributed by atoms with Crippen LogP contribution in [0.15, 0.2) is 6.20 Å². The predicted molar refractivity (Wildman–Crippen MR) is 80.0 cm³/mol. The zero-order valence-electron chi connectivity index (χ0n) is 11.6. The number of hydrogen-bond acceptors (Lipinski definition) is 5. The van der Waals surface area contributed by atoms with Crippen LogP contribution in [0.3, 0.4) is 0 Å². The highest BCUT2D eigenvalue weighted by atomic mass is 35.5. The lowest BCUT2D eigenvalue weighted by Gasteiger charge is -2.10. The lowest BCUT2D eigenvalue weighted by molar-refractivity contribution is -0.122. The summed E-state index contributed by atoms with van der Waals surface area (Å²) in [5.41, 5.74) is 0. The fourth-order valence-electron chi connectivity index (χ4n) is 1.67. The van der Waals surface area contributed by atoms with Crippen molar-refractivity contribution in [3.63, 3.8) is 0 Å². The topological polar surface area (TPSA) is 78.9 Å². The molecule has 20 heavy (non-hydrogen) atoms. The second-order valence-electron chi connectivity index (χ2n) is 4.81. The Labute approximate surface area is 123 Å². The number of nitrogens with zero attached hydrogens (tertiary/aromatic N) is 2. The smallest absolute Gasteiger partial charge is 0.224 e. The maximum atomic E-state index is 11.5. The van der Waals surface area contributed by atoms with Crippen molar-refractivity contribution in [1.82, 2.24) is 15.3 Å².